The predicted molar refractivity (Wildman–Crippen MR) is 140 cm³/mol. The Kier molecular flexibility index (Phi) is 6.50. The van der Waals surface area contributed by atoms with Crippen LogP contribution >= 0.6 is 0 Å². The zero-order chi connectivity index (χ0) is 24.5. The fraction of sp³-hybridized carbons (Fsp3) is 0.889. The molecule has 3 aliphatic carbocycles. The van der Waals surface area contributed by atoms with Crippen LogP contribution in [0.15, 0.2) is 11.1 Å². The van der Waals surface area contributed by atoms with Crippen molar-refractivity contribution in [1.29, 1.82) is 0 Å². The molecule has 0 aromatic carbocycles. The summed E-state index contributed by atoms with van der Waals surface area (Å²) in [6.07, 6.45) is 4.26. The lowest BCUT2D eigenvalue weighted by atomic mass is 9.73. The molecule has 184 valence electrons. The number of carbonyl (C=O) groups excluding carboxylic acids is 1. The van der Waals surface area contributed by atoms with Crippen LogP contribution in [0.3, 0.4) is 0 Å². The minimum absolute atomic E-state index is 0.0443. The first-order valence-corrected chi connectivity index (χ1v) is 18.6. The average Bonchev–Trinajstić information content (AvgIpc) is 3.20. The zero-order valence-electron chi connectivity index (χ0n) is 23.1. The van der Waals surface area contributed by atoms with Gasteiger partial charge in [0.2, 0.25) is 0 Å². The van der Waals surface area contributed by atoms with Gasteiger partial charge < -0.3 is 8.85 Å². The first-order valence-electron chi connectivity index (χ1n) is 12.8. The van der Waals surface area contributed by atoms with Crippen LogP contribution < -0.4 is 0 Å². The fourth-order valence-corrected chi connectivity index (χ4v) is 7.88. The molecule has 3 aliphatic rings. The molecule has 0 spiro atoms. The Morgan fingerprint density at radius 1 is 0.906 bits per heavy atom. The molecule has 0 aromatic heterocycles. The van der Waals surface area contributed by atoms with Gasteiger partial charge in [0.15, 0.2) is 22.4 Å². The molecule has 0 unspecified atom stereocenters. The summed E-state index contributed by atoms with van der Waals surface area (Å²) in [6.45, 7) is 29.3. The zero-order valence-corrected chi connectivity index (χ0v) is 25.1. The second kappa shape index (κ2) is 7.89. The molecule has 0 aromatic rings. The lowest BCUT2D eigenvalue weighted by molar-refractivity contribution is -0.118. The Balaban J connectivity index is 1.75. The van der Waals surface area contributed by atoms with Crippen LogP contribution in [0.5, 0.6) is 0 Å². The van der Waals surface area contributed by atoms with Gasteiger partial charge in [-0.05, 0) is 84.3 Å². The van der Waals surface area contributed by atoms with E-state index in [1.54, 1.807) is 0 Å². The molecule has 0 saturated heterocycles. The minimum Gasteiger partial charge on any atom is -0.416 e. The first kappa shape index (κ1) is 26.4. The average molecular weight is 479 g/mol. The number of hydrogen-bond donors (Lipinski definition) is 0. The number of Topliss-reactive ketones (excluding diaryl/α,β-unsaturated/α-hetero) is 1. The summed E-state index contributed by atoms with van der Waals surface area (Å²) in [7, 11) is -3.60. The second-order valence-corrected chi connectivity index (χ2v) is 24.4. The van der Waals surface area contributed by atoms with Gasteiger partial charge in [0.1, 0.15) is 0 Å². The third-order valence-corrected chi connectivity index (χ3v) is 19.1. The normalized spacial score (nSPS) is 33.8. The fourth-order valence-electron chi connectivity index (χ4n) is 5.77. The van der Waals surface area contributed by atoms with Crippen LogP contribution in [0.2, 0.25) is 36.3 Å². The molecule has 3 nitrogen and oxygen atoms in total. The standard InChI is InChI=1S/C27H50O3Si2/c1-24(2,3)31(9,10)29-17-19-13-14-27(8)21-16-26(7,15-20(21)23(28)22(19)27)18-30-32(11,12)25(4,5)6/h20-21H,13-18H2,1-12H3/t20-,21+,26+,27-/m0/s1. The third kappa shape index (κ3) is 4.41. The van der Waals surface area contributed by atoms with Crippen LogP contribution in [0.1, 0.15) is 81.1 Å². The monoisotopic (exact) mass is 478 g/mol. The first-order chi connectivity index (χ1) is 14.2. The summed E-state index contributed by atoms with van der Waals surface area (Å²) < 4.78 is 13.2. The highest BCUT2D eigenvalue weighted by Gasteiger charge is 2.62. The van der Waals surface area contributed by atoms with E-state index in [1.807, 2.05) is 0 Å². The van der Waals surface area contributed by atoms with Gasteiger partial charge >= 0.3 is 0 Å². The number of carbonyl (C=O) groups is 1. The Bertz CT molecular complexity index is 799. The van der Waals surface area contributed by atoms with Gasteiger partial charge in [0, 0.05) is 18.1 Å². The van der Waals surface area contributed by atoms with Crippen molar-refractivity contribution in [3.05, 3.63) is 11.1 Å². The van der Waals surface area contributed by atoms with Gasteiger partial charge in [-0.3, -0.25) is 4.79 Å². The maximum atomic E-state index is 13.7. The summed E-state index contributed by atoms with van der Waals surface area (Å²) in [5.74, 6) is 1.11. The van der Waals surface area contributed by atoms with E-state index in [1.165, 1.54) is 11.1 Å². The van der Waals surface area contributed by atoms with Crippen molar-refractivity contribution >= 4 is 22.4 Å². The van der Waals surface area contributed by atoms with E-state index in [0.29, 0.717) is 18.3 Å². The van der Waals surface area contributed by atoms with Crippen LogP contribution in [-0.2, 0) is 13.6 Å². The van der Waals surface area contributed by atoms with E-state index >= 15 is 0 Å². The van der Waals surface area contributed by atoms with Crippen molar-refractivity contribution in [2.75, 3.05) is 13.2 Å². The highest BCUT2D eigenvalue weighted by Crippen LogP contribution is 2.65. The predicted octanol–water partition coefficient (Wildman–Crippen LogP) is 7.74. The summed E-state index contributed by atoms with van der Waals surface area (Å²) in [4.78, 5) is 13.7. The van der Waals surface area contributed by atoms with E-state index < -0.39 is 16.6 Å². The SMILES string of the molecule is CC(C)(C)[Si](C)(C)OCC1=C2C(=O)[C@H]3C[C@@](C)(CO[Si](C)(C)C(C)(C)C)C[C@H]3[C@]2(C)CC1. The molecular formula is C27H50O3Si2. The summed E-state index contributed by atoms with van der Waals surface area (Å²) >= 11 is 0. The van der Waals surface area contributed by atoms with Crippen molar-refractivity contribution in [3.8, 4) is 0 Å². The maximum Gasteiger partial charge on any atom is 0.192 e. The Morgan fingerprint density at radius 2 is 1.44 bits per heavy atom. The van der Waals surface area contributed by atoms with Gasteiger partial charge in [0.25, 0.3) is 0 Å². The van der Waals surface area contributed by atoms with Crippen LogP contribution in [0.25, 0.3) is 0 Å². The highest BCUT2D eigenvalue weighted by atomic mass is 28.4. The topological polar surface area (TPSA) is 35.5 Å². The number of rotatable bonds is 6. The van der Waals surface area contributed by atoms with E-state index in [9.17, 15) is 4.79 Å². The number of allylic oxidation sites excluding steroid dienone is 1. The highest BCUT2D eigenvalue weighted by molar-refractivity contribution is 6.74. The van der Waals surface area contributed by atoms with Crippen molar-refractivity contribution in [1.82, 2.24) is 0 Å². The smallest absolute Gasteiger partial charge is 0.192 e. The minimum atomic E-state index is -1.82. The maximum absolute atomic E-state index is 13.7. The van der Waals surface area contributed by atoms with Gasteiger partial charge in [0.05, 0.1) is 6.61 Å². The largest absolute Gasteiger partial charge is 0.416 e. The molecule has 5 heteroatoms. The van der Waals surface area contributed by atoms with E-state index in [4.69, 9.17) is 8.85 Å². The van der Waals surface area contributed by atoms with Crippen molar-refractivity contribution in [2.45, 2.75) is 117 Å². The van der Waals surface area contributed by atoms with E-state index in [2.05, 4.69) is 81.6 Å². The lowest BCUT2D eigenvalue weighted by Gasteiger charge is -2.39. The van der Waals surface area contributed by atoms with Crippen molar-refractivity contribution in [3.63, 3.8) is 0 Å². The molecule has 0 N–H and O–H groups in total. The Labute approximate surface area is 200 Å². The van der Waals surface area contributed by atoms with E-state index in [-0.39, 0.29) is 26.8 Å². The summed E-state index contributed by atoms with van der Waals surface area (Å²) in [5, 5.41) is 0.419. The number of fused-ring (bicyclic) bond motifs is 3. The molecule has 3 rings (SSSR count). The molecule has 0 radical (unpaired) electrons. The molecule has 0 amide bonds. The van der Waals surface area contributed by atoms with E-state index in [0.717, 1.165) is 32.3 Å². The summed E-state index contributed by atoms with van der Waals surface area (Å²) in [6, 6.07) is 0. The molecule has 0 aliphatic heterocycles. The molecule has 32 heavy (non-hydrogen) atoms. The van der Waals surface area contributed by atoms with Crippen LogP contribution in [-0.4, -0.2) is 35.6 Å². The van der Waals surface area contributed by atoms with Gasteiger partial charge in [-0.1, -0.05) is 55.4 Å². The summed E-state index contributed by atoms with van der Waals surface area (Å²) in [5.41, 5.74) is 2.65. The molecule has 2 fully saturated rings. The molecule has 4 atom stereocenters. The Morgan fingerprint density at radius 3 is 1.97 bits per heavy atom. The molecule has 0 heterocycles. The number of ketones is 1. The third-order valence-electron chi connectivity index (χ3n) is 10.2. The van der Waals surface area contributed by atoms with Gasteiger partial charge in [-0.2, -0.15) is 0 Å². The second-order valence-electron chi connectivity index (χ2n) is 14.8. The molecule has 0 bridgehead atoms. The van der Waals surface area contributed by atoms with Crippen molar-refractivity contribution < 1.29 is 13.6 Å². The quantitative estimate of drug-likeness (QED) is 0.366. The van der Waals surface area contributed by atoms with Gasteiger partial charge in [-0.25, -0.2) is 0 Å². The van der Waals surface area contributed by atoms with Crippen molar-refractivity contribution in [2.24, 2.45) is 22.7 Å². The molecule has 2 saturated carbocycles. The molecular weight excluding hydrogens is 428 g/mol. The van der Waals surface area contributed by atoms with Crippen LogP contribution in [0, 0.1) is 22.7 Å². The number of hydrogen-bond acceptors (Lipinski definition) is 3. The Hall–Kier alpha value is -0.236. The van der Waals surface area contributed by atoms with Gasteiger partial charge in [-0.15, -0.1) is 0 Å². The van der Waals surface area contributed by atoms with Crippen LogP contribution in [0.4, 0.5) is 0 Å². The lowest BCUT2D eigenvalue weighted by Crippen LogP contribution is -2.43.